The van der Waals surface area contributed by atoms with E-state index in [1.165, 1.54) is 18.7 Å². The largest absolute Gasteiger partial charge is 0.360 e. The summed E-state index contributed by atoms with van der Waals surface area (Å²) in [6, 6.07) is 3.12. The van der Waals surface area contributed by atoms with Gasteiger partial charge in [-0.3, -0.25) is 14.3 Å². The minimum atomic E-state index is -3.34. The van der Waals surface area contributed by atoms with Gasteiger partial charge in [0.25, 0.3) is 5.56 Å². The molecule has 0 saturated heterocycles. The highest BCUT2D eigenvalue weighted by Gasteiger charge is 2.36. The highest BCUT2D eigenvalue weighted by Crippen LogP contribution is 2.46. The Bertz CT molecular complexity index is 1800. The van der Waals surface area contributed by atoms with Crippen LogP contribution in [-0.2, 0) is 29.3 Å². The summed E-state index contributed by atoms with van der Waals surface area (Å²) in [4.78, 5) is 41.9. The number of aromatic nitrogens is 7. The number of hydrogen-bond acceptors (Lipinski definition) is 10. The van der Waals surface area contributed by atoms with Crippen molar-refractivity contribution in [2.75, 3.05) is 11.6 Å². The molecule has 41 heavy (non-hydrogen) atoms. The zero-order valence-electron chi connectivity index (χ0n) is 23.8. The van der Waals surface area contributed by atoms with E-state index in [1.54, 1.807) is 17.0 Å². The van der Waals surface area contributed by atoms with E-state index >= 15 is 0 Å². The first-order chi connectivity index (χ1) is 19.6. The van der Waals surface area contributed by atoms with Crippen molar-refractivity contribution in [3.63, 3.8) is 0 Å². The maximum atomic E-state index is 13.6. The van der Waals surface area contributed by atoms with Crippen molar-refractivity contribution in [2.45, 2.75) is 76.8 Å². The number of fused-ring (bicyclic) bond motifs is 1. The molecule has 4 heterocycles. The molecule has 0 radical (unpaired) electrons. The fourth-order valence-electron chi connectivity index (χ4n) is 5.26. The molecule has 214 valence electrons. The number of hydrogen-bond donors (Lipinski definition) is 1. The topological polar surface area (TPSA) is 146 Å². The Morgan fingerprint density at radius 1 is 1.10 bits per heavy atom. The van der Waals surface area contributed by atoms with E-state index in [4.69, 9.17) is 9.97 Å². The minimum absolute atomic E-state index is 0.141. The van der Waals surface area contributed by atoms with E-state index in [0.717, 1.165) is 48.9 Å². The molecule has 11 nitrogen and oxygen atoms in total. The van der Waals surface area contributed by atoms with E-state index in [2.05, 4.69) is 32.2 Å². The molecule has 2 unspecified atom stereocenters. The van der Waals surface area contributed by atoms with E-state index < -0.39 is 9.84 Å². The monoisotopic (exact) mass is 574 g/mol. The lowest BCUT2D eigenvalue weighted by atomic mass is 10.0. The molecule has 0 bridgehead atoms. The lowest BCUT2D eigenvalue weighted by molar-refractivity contribution is 0.601. The number of nitrogens with zero attached hydrogens (tertiary/aromatic N) is 7. The lowest BCUT2D eigenvalue weighted by Crippen LogP contribution is -2.27. The van der Waals surface area contributed by atoms with Crippen molar-refractivity contribution in [3.05, 3.63) is 57.8 Å². The first-order valence-corrected chi connectivity index (χ1v) is 16.0. The van der Waals surface area contributed by atoms with Gasteiger partial charge in [0.1, 0.15) is 11.8 Å². The SMILES string of the molecule is CCCn1c(=O)c(NCc2ccc(S(C)(=O)=O)cn2)nc2c(C)nc(-c3c(CC4CC4C)ncnc3C3CC3)nc21. The predicted octanol–water partition coefficient (Wildman–Crippen LogP) is 3.85. The molecule has 0 spiro atoms. The molecule has 12 heteroatoms. The van der Waals surface area contributed by atoms with Crippen LogP contribution in [0.25, 0.3) is 22.6 Å². The Kier molecular flexibility index (Phi) is 7.04. The highest BCUT2D eigenvalue weighted by atomic mass is 32.2. The standard InChI is InChI=1S/C29H34N8O3S/c1-5-10-37-28-24(35-27(29(37)38)31-13-20-8-9-21(14-30-20)41(4,39)40)17(3)34-26(36-28)23-22(12-19-11-16(19)2)32-15-33-25(23)18-6-7-18/h8-9,14-16,18-19H,5-7,10-13H2,1-4H3,(H,31,35). The van der Waals surface area contributed by atoms with Crippen LogP contribution in [-0.4, -0.2) is 49.1 Å². The van der Waals surface area contributed by atoms with Crippen molar-refractivity contribution in [1.29, 1.82) is 0 Å². The maximum Gasteiger partial charge on any atom is 0.294 e. The molecule has 2 fully saturated rings. The van der Waals surface area contributed by atoms with Gasteiger partial charge in [-0.25, -0.2) is 33.3 Å². The average Bonchev–Trinajstić information content (AvgIpc) is 3.87. The second-order valence-corrected chi connectivity index (χ2v) is 13.4. The minimum Gasteiger partial charge on any atom is -0.360 e. The molecule has 0 aromatic carbocycles. The number of rotatable bonds is 10. The van der Waals surface area contributed by atoms with Crippen LogP contribution in [0.4, 0.5) is 5.82 Å². The number of sulfone groups is 1. The van der Waals surface area contributed by atoms with Crippen LogP contribution in [0, 0.1) is 18.8 Å². The fraction of sp³-hybridized carbons (Fsp3) is 0.483. The first-order valence-electron chi connectivity index (χ1n) is 14.2. The summed E-state index contributed by atoms with van der Waals surface area (Å²) in [6.07, 6.45) is 9.13. The summed E-state index contributed by atoms with van der Waals surface area (Å²) in [6.45, 7) is 6.85. The molecule has 2 atom stereocenters. The smallest absolute Gasteiger partial charge is 0.294 e. The van der Waals surface area contributed by atoms with Crippen molar-refractivity contribution in [1.82, 2.24) is 34.5 Å². The van der Waals surface area contributed by atoms with Crippen LogP contribution in [0.15, 0.2) is 34.3 Å². The molecular formula is C29H34N8O3S. The van der Waals surface area contributed by atoms with Gasteiger partial charge < -0.3 is 5.32 Å². The summed E-state index contributed by atoms with van der Waals surface area (Å²) in [5, 5.41) is 3.09. The molecule has 1 N–H and O–H groups in total. The zero-order valence-corrected chi connectivity index (χ0v) is 24.6. The summed E-state index contributed by atoms with van der Waals surface area (Å²) in [7, 11) is -3.34. The van der Waals surface area contributed by atoms with Crippen LogP contribution < -0.4 is 10.9 Å². The van der Waals surface area contributed by atoms with Crippen molar-refractivity contribution in [2.24, 2.45) is 11.8 Å². The van der Waals surface area contributed by atoms with Crippen LogP contribution in [0.1, 0.15) is 68.2 Å². The maximum absolute atomic E-state index is 13.6. The number of pyridine rings is 1. The van der Waals surface area contributed by atoms with Crippen LogP contribution in [0.5, 0.6) is 0 Å². The van der Waals surface area contributed by atoms with Crippen LogP contribution in [0.2, 0.25) is 0 Å². The van der Waals surface area contributed by atoms with Crippen LogP contribution in [0.3, 0.4) is 0 Å². The second kappa shape index (κ2) is 10.6. The van der Waals surface area contributed by atoms with Crippen molar-refractivity contribution >= 4 is 26.8 Å². The van der Waals surface area contributed by atoms with Gasteiger partial charge in [-0.15, -0.1) is 0 Å². The van der Waals surface area contributed by atoms with Gasteiger partial charge >= 0.3 is 0 Å². The van der Waals surface area contributed by atoms with Gasteiger partial charge in [-0.05, 0) is 63.0 Å². The Labute approximate surface area is 238 Å². The second-order valence-electron chi connectivity index (χ2n) is 11.4. The van der Waals surface area contributed by atoms with Crippen LogP contribution >= 0.6 is 0 Å². The first kappa shape index (κ1) is 27.4. The molecule has 6 rings (SSSR count). The van der Waals surface area contributed by atoms with Gasteiger partial charge in [-0.1, -0.05) is 13.8 Å². The number of nitrogens with one attached hydrogen (secondary N) is 1. The quantitative estimate of drug-likeness (QED) is 0.296. The molecular weight excluding hydrogens is 540 g/mol. The number of anilines is 1. The lowest BCUT2D eigenvalue weighted by Gasteiger charge is -2.16. The molecule has 0 amide bonds. The third kappa shape index (κ3) is 5.57. The fourth-order valence-corrected chi connectivity index (χ4v) is 5.82. The Morgan fingerprint density at radius 3 is 2.51 bits per heavy atom. The molecule has 2 aliphatic rings. The molecule has 4 aromatic rings. The normalized spacial score (nSPS) is 18.5. The van der Waals surface area contributed by atoms with E-state index in [1.807, 2.05) is 13.8 Å². The van der Waals surface area contributed by atoms with Gasteiger partial charge in [0.15, 0.2) is 27.1 Å². The van der Waals surface area contributed by atoms with Gasteiger partial charge in [0, 0.05) is 24.9 Å². The highest BCUT2D eigenvalue weighted by molar-refractivity contribution is 7.90. The molecule has 0 aliphatic heterocycles. The molecule has 2 saturated carbocycles. The third-order valence-electron chi connectivity index (χ3n) is 7.95. The summed E-state index contributed by atoms with van der Waals surface area (Å²) < 4.78 is 25.2. The predicted molar refractivity (Wildman–Crippen MR) is 155 cm³/mol. The summed E-state index contributed by atoms with van der Waals surface area (Å²) in [5.74, 6) is 2.43. The molecule has 2 aliphatic carbocycles. The van der Waals surface area contributed by atoms with Crippen molar-refractivity contribution in [3.8, 4) is 11.4 Å². The summed E-state index contributed by atoms with van der Waals surface area (Å²) >= 11 is 0. The Hall–Kier alpha value is -3.80. The average molecular weight is 575 g/mol. The van der Waals surface area contributed by atoms with Gasteiger partial charge in [0.05, 0.1) is 39.8 Å². The van der Waals surface area contributed by atoms with Gasteiger partial charge in [0.2, 0.25) is 0 Å². The number of aryl methyl sites for hydroxylation is 2. The summed E-state index contributed by atoms with van der Waals surface area (Å²) in [5.41, 5.74) is 4.93. The van der Waals surface area contributed by atoms with Gasteiger partial charge in [-0.2, -0.15) is 0 Å². The zero-order chi connectivity index (χ0) is 28.9. The Balaban J connectivity index is 1.40. The van der Waals surface area contributed by atoms with E-state index in [9.17, 15) is 13.2 Å². The van der Waals surface area contributed by atoms with E-state index in [-0.39, 0.29) is 22.8 Å². The Morgan fingerprint density at radius 2 is 1.88 bits per heavy atom. The van der Waals surface area contributed by atoms with Crippen molar-refractivity contribution < 1.29 is 8.42 Å². The molecule has 4 aromatic heterocycles. The third-order valence-corrected chi connectivity index (χ3v) is 9.05. The van der Waals surface area contributed by atoms with E-state index in [0.29, 0.717) is 52.7 Å².